The number of halogens is 1. The molecule has 0 spiro atoms. The van der Waals surface area contributed by atoms with Gasteiger partial charge in [-0.1, -0.05) is 18.2 Å². The molecular weight excluding hydrogens is 345 g/mol. The zero-order valence-corrected chi connectivity index (χ0v) is 13.8. The first-order valence-electron chi connectivity index (χ1n) is 7.43. The summed E-state index contributed by atoms with van der Waals surface area (Å²) in [5.74, 6) is -1.73. The molecule has 0 fully saturated rings. The van der Waals surface area contributed by atoms with Gasteiger partial charge in [0.15, 0.2) is 0 Å². The maximum Gasteiger partial charge on any atom is 0.375 e. The second-order valence-electron chi connectivity index (χ2n) is 5.11. The van der Waals surface area contributed by atoms with Crippen molar-refractivity contribution in [1.29, 1.82) is 0 Å². The lowest BCUT2D eigenvalue weighted by molar-refractivity contribution is -0.130. The van der Waals surface area contributed by atoms with E-state index < -0.39 is 23.8 Å². The summed E-state index contributed by atoms with van der Waals surface area (Å²) in [7, 11) is 0. The van der Waals surface area contributed by atoms with Crippen LogP contribution in [0.1, 0.15) is 27.1 Å². The number of esters is 1. The molecule has 1 atom stereocenters. The Bertz CT molecular complexity index is 829. The number of carbonyl (C=O) groups is 2. The van der Waals surface area contributed by atoms with E-state index >= 15 is 0 Å². The maximum absolute atomic E-state index is 13.1. The zero-order chi connectivity index (χ0) is 17.6. The average molecular weight is 359 g/mol. The fourth-order valence-electron chi connectivity index (χ4n) is 2.15. The highest BCUT2D eigenvalue weighted by atomic mass is 32.1. The second-order valence-corrected chi connectivity index (χ2v) is 6.14. The summed E-state index contributed by atoms with van der Waals surface area (Å²) in [5, 5.41) is 4.62. The van der Waals surface area contributed by atoms with Gasteiger partial charge in [-0.15, -0.1) is 11.3 Å². The Balaban J connectivity index is 1.76. The van der Waals surface area contributed by atoms with Gasteiger partial charge in [-0.05, 0) is 35.7 Å². The predicted octanol–water partition coefficient (Wildman–Crippen LogP) is 3.69. The first-order valence-corrected chi connectivity index (χ1v) is 8.31. The predicted molar refractivity (Wildman–Crippen MR) is 89.4 cm³/mol. The first-order chi connectivity index (χ1) is 12.1. The molecule has 2 aromatic heterocycles. The Labute approximate surface area is 147 Å². The summed E-state index contributed by atoms with van der Waals surface area (Å²) in [4.78, 5) is 25.6. The van der Waals surface area contributed by atoms with Crippen LogP contribution >= 0.6 is 11.3 Å². The van der Waals surface area contributed by atoms with E-state index in [2.05, 4.69) is 5.32 Å². The fraction of sp³-hybridized carbons (Fsp3) is 0.111. The average Bonchev–Trinajstić information content (AvgIpc) is 3.31. The van der Waals surface area contributed by atoms with Crippen LogP contribution in [0.5, 0.6) is 0 Å². The minimum atomic E-state index is -1.21. The summed E-state index contributed by atoms with van der Waals surface area (Å²) in [6.45, 7) is 0.312. The van der Waals surface area contributed by atoms with Gasteiger partial charge in [-0.3, -0.25) is 4.79 Å². The molecule has 0 saturated heterocycles. The summed E-state index contributed by atoms with van der Waals surface area (Å²) in [6.07, 6.45) is 0.124. The van der Waals surface area contributed by atoms with Crippen LogP contribution in [0, 0.1) is 5.82 Å². The van der Waals surface area contributed by atoms with E-state index in [0.29, 0.717) is 12.1 Å². The van der Waals surface area contributed by atoms with Gasteiger partial charge >= 0.3 is 5.97 Å². The van der Waals surface area contributed by atoms with Gasteiger partial charge in [0.2, 0.25) is 11.9 Å². The highest BCUT2D eigenvalue weighted by molar-refractivity contribution is 7.09. The molecule has 1 amide bonds. The molecule has 0 aliphatic carbocycles. The topological polar surface area (TPSA) is 68.5 Å². The lowest BCUT2D eigenvalue weighted by Crippen LogP contribution is -2.31. The van der Waals surface area contributed by atoms with Crippen LogP contribution in [0.15, 0.2) is 64.6 Å². The van der Waals surface area contributed by atoms with Crippen molar-refractivity contribution in [3.05, 3.63) is 82.2 Å². The van der Waals surface area contributed by atoms with Crippen LogP contribution in [0.4, 0.5) is 4.39 Å². The van der Waals surface area contributed by atoms with Crippen LogP contribution < -0.4 is 5.32 Å². The summed E-state index contributed by atoms with van der Waals surface area (Å²) in [5.41, 5.74) is 0.366. The summed E-state index contributed by atoms with van der Waals surface area (Å²) < 4.78 is 23.4. The molecule has 3 aromatic rings. The number of nitrogens with one attached hydrogen (secondary N) is 1. The molecule has 1 aromatic carbocycles. The normalized spacial score (nSPS) is 11.7. The Morgan fingerprint density at radius 2 is 1.96 bits per heavy atom. The molecule has 0 bridgehead atoms. The monoisotopic (exact) mass is 359 g/mol. The third-order valence-electron chi connectivity index (χ3n) is 3.38. The quantitative estimate of drug-likeness (QED) is 0.682. The number of hydrogen-bond acceptors (Lipinski definition) is 5. The highest BCUT2D eigenvalue weighted by Gasteiger charge is 2.26. The molecule has 7 heteroatoms. The molecule has 2 heterocycles. The van der Waals surface area contributed by atoms with E-state index in [9.17, 15) is 14.0 Å². The first kappa shape index (κ1) is 16.9. The third kappa shape index (κ3) is 4.33. The van der Waals surface area contributed by atoms with Gasteiger partial charge in [0.25, 0.3) is 5.91 Å². The molecule has 5 nitrogen and oxygen atoms in total. The van der Waals surface area contributed by atoms with Crippen LogP contribution in [-0.2, 0) is 16.1 Å². The maximum atomic E-state index is 13.1. The zero-order valence-electron chi connectivity index (χ0n) is 13.0. The van der Waals surface area contributed by atoms with Gasteiger partial charge in [-0.2, -0.15) is 0 Å². The second kappa shape index (κ2) is 7.76. The summed E-state index contributed by atoms with van der Waals surface area (Å²) >= 11 is 1.50. The number of benzene rings is 1. The van der Waals surface area contributed by atoms with E-state index in [1.54, 1.807) is 6.07 Å². The Hall–Kier alpha value is -2.93. The molecule has 0 radical (unpaired) electrons. The van der Waals surface area contributed by atoms with E-state index in [1.807, 2.05) is 17.5 Å². The number of hydrogen-bond donors (Lipinski definition) is 1. The molecule has 3 rings (SSSR count). The lowest BCUT2D eigenvalue weighted by Gasteiger charge is -2.17. The largest absolute Gasteiger partial charge is 0.457 e. The number of furan rings is 1. The molecule has 25 heavy (non-hydrogen) atoms. The van der Waals surface area contributed by atoms with Gasteiger partial charge in [0.05, 0.1) is 12.8 Å². The molecule has 0 saturated carbocycles. The smallest absolute Gasteiger partial charge is 0.375 e. The van der Waals surface area contributed by atoms with Crippen LogP contribution in [-0.4, -0.2) is 11.9 Å². The number of thiophene rings is 1. The van der Waals surface area contributed by atoms with Crippen LogP contribution in [0.2, 0.25) is 0 Å². The van der Waals surface area contributed by atoms with Gasteiger partial charge < -0.3 is 14.5 Å². The minimum absolute atomic E-state index is 0.0156. The van der Waals surface area contributed by atoms with Crippen molar-refractivity contribution in [2.24, 2.45) is 0 Å². The number of rotatable bonds is 6. The Morgan fingerprint density at radius 3 is 2.60 bits per heavy atom. The van der Waals surface area contributed by atoms with E-state index in [4.69, 9.17) is 9.15 Å². The number of carbonyl (C=O) groups excluding carboxylic acids is 2. The van der Waals surface area contributed by atoms with Crippen molar-refractivity contribution in [2.45, 2.75) is 12.6 Å². The molecule has 0 aliphatic heterocycles. The molecule has 128 valence electrons. The van der Waals surface area contributed by atoms with Crippen molar-refractivity contribution < 1.29 is 23.1 Å². The molecular formula is C18H14FNO4S. The standard InChI is InChI=1S/C18H14FNO4S/c19-13-7-5-12(6-8-13)16(24-18(22)15-4-1-9-23-15)17(21)20-11-14-3-2-10-25-14/h1-10,16H,11H2,(H,20,21)/t16-/m0/s1. The molecule has 0 unspecified atom stereocenters. The summed E-state index contributed by atoms with van der Waals surface area (Å²) in [6, 6.07) is 12.0. The minimum Gasteiger partial charge on any atom is -0.457 e. The molecule has 0 aliphatic rings. The van der Waals surface area contributed by atoms with E-state index in [-0.39, 0.29) is 5.76 Å². The number of ether oxygens (including phenoxy) is 1. The Kier molecular flexibility index (Phi) is 5.25. The fourth-order valence-corrected chi connectivity index (χ4v) is 2.79. The lowest BCUT2D eigenvalue weighted by atomic mass is 10.1. The highest BCUT2D eigenvalue weighted by Crippen LogP contribution is 2.21. The third-order valence-corrected chi connectivity index (χ3v) is 4.25. The molecule has 1 N–H and O–H groups in total. The van der Waals surface area contributed by atoms with Crippen LogP contribution in [0.3, 0.4) is 0 Å². The van der Waals surface area contributed by atoms with E-state index in [0.717, 1.165) is 4.88 Å². The van der Waals surface area contributed by atoms with Crippen molar-refractivity contribution in [1.82, 2.24) is 5.32 Å². The van der Waals surface area contributed by atoms with Gasteiger partial charge in [0.1, 0.15) is 5.82 Å². The number of amides is 1. The SMILES string of the molecule is O=C(O[C@H](C(=O)NCc1cccs1)c1ccc(F)cc1)c1ccco1. The van der Waals surface area contributed by atoms with Crippen molar-refractivity contribution in [3.8, 4) is 0 Å². The van der Waals surface area contributed by atoms with Crippen molar-refractivity contribution >= 4 is 23.2 Å². The van der Waals surface area contributed by atoms with Crippen molar-refractivity contribution in [2.75, 3.05) is 0 Å². The van der Waals surface area contributed by atoms with Gasteiger partial charge in [0, 0.05) is 10.4 Å². The van der Waals surface area contributed by atoms with E-state index in [1.165, 1.54) is 47.9 Å². The Morgan fingerprint density at radius 1 is 1.16 bits per heavy atom. The van der Waals surface area contributed by atoms with Crippen LogP contribution in [0.25, 0.3) is 0 Å². The van der Waals surface area contributed by atoms with Crippen molar-refractivity contribution in [3.63, 3.8) is 0 Å². The van der Waals surface area contributed by atoms with Gasteiger partial charge in [-0.25, -0.2) is 9.18 Å².